The number of ketones is 1. The molecule has 32 heavy (non-hydrogen) atoms. The van der Waals surface area contributed by atoms with Crippen LogP contribution in [0.25, 0.3) is 0 Å². The van der Waals surface area contributed by atoms with Crippen LogP contribution in [0, 0.1) is 11.8 Å². The maximum atomic E-state index is 14.2. The Labute approximate surface area is 200 Å². The van der Waals surface area contributed by atoms with Crippen molar-refractivity contribution in [2.24, 2.45) is 11.8 Å². The zero-order chi connectivity index (χ0) is 21.8. The van der Waals surface area contributed by atoms with Gasteiger partial charge in [0.05, 0.1) is 7.85 Å². The van der Waals surface area contributed by atoms with Crippen LogP contribution in [0.2, 0.25) is 5.82 Å². The third kappa shape index (κ3) is 3.16. The highest BCUT2D eigenvalue weighted by Gasteiger charge is 2.46. The lowest BCUT2D eigenvalue weighted by Crippen LogP contribution is -2.27. The highest BCUT2D eigenvalue weighted by Crippen LogP contribution is 2.58. The Bertz CT molecular complexity index is 1180. The van der Waals surface area contributed by atoms with Crippen LogP contribution in [0.3, 0.4) is 0 Å². The Kier molecular flexibility index (Phi) is 5.14. The van der Waals surface area contributed by atoms with E-state index in [9.17, 15) is 4.79 Å². The molecule has 6 aliphatic rings. The van der Waals surface area contributed by atoms with Crippen molar-refractivity contribution in [1.29, 1.82) is 0 Å². The number of alkyl halides is 1. The minimum Gasteiger partial charge on any atom is -0.289 e. The molecule has 0 saturated heterocycles. The molecule has 0 aliphatic heterocycles. The van der Waals surface area contributed by atoms with Gasteiger partial charge in [0.1, 0.15) is 0 Å². The Hall–Kier alpha value is -2.13. The molecule has 0 aromatic heterocycles. The standard InChI is InChI=1S/C29H26BBrO/c30-19-11-13-21-23(15-19)24-16-20(31)12-14-22(24)28-26(18-9-5-2-6-10-18)29(32)25(27(21)28)17-7-3-1-4-8-17/h1,3-5,7,9-10,13-14,16-17,19-20,23H,2,6,8,11-12,15H2. The first-order valence-corrected chi connectivity index (χ1v) is 12.8. The Morgan fingerprint density at radius 3 is 2.59 bits per heavy atom. The molecule has 0 spiro atoms. The lowest BCUT2D eigenvalue weighted by atomic mass is 9.60. The van der Waals surface area contributed by atoms with Crippen molar-refractivity contribution in [2.45, 2.75) is 49.2 Å². The molecule has 2 radical (unpaired) electrons. The van der Waals surface area contributed by atoms with Crippen LogP contribution < -0.4 is 0 Å². The van der Waals surface area contributed by atoms with E-state index in [1.165, 1.54) is 27.9 Å². The maximum Gasteiger partial charge on any atom is 0.191 e. The average molecular weight is 481 g/mol. The van der Waals surface area contributed by atoms with Gasteiger partial charge in [-0.1, -0.05) is 82.5 Å². The van der Waals surface area contributed by atoms with Crippen LogP contribution in [-0.2, 0) is 4.79 Å². The molecule has 1 nitrogen and oxygen atoms in total. The van der Waals surface area contributed by atoms with Gasteiger partial charge in [0, 0.05) is 33.4 Å². The van der Waals surface area contributed by atoms with E-state index in [-0.39, 0.29) is 23.4 Å². The predicted molar refractivity (Wildman–Crippen MR) is 136 cm³/mol. The van der Waals surface area contributed by atoms with E-state index < -0.39 is 0 Å². The molecule has 4 unspecified atom stereocenters. The first-order valence-electron chi connectivity index (χ1n) is 11.9. The van der Waals surface area contributed by atoms with Crippen molar-refractivity contribution in [3.05, 3.63) is 105 Å². The normalized spacial score (nSPS) is 33.3. The van der Waals surface area contributed by atoms with Crippen molar-refractivity contribution in [1.82, 2.24) is 0 Å². The van der Waals surface area contributed by atoms with E-state index in [0.717, 1.165) is 55.2 Å². The largest absolute Gasteiger partial charge is 0.289 e. The minimum atomic E-state index is 0.138. The fourth-order valence-corrected chi connectivity index (χ4v) is 6.65. The van der Waals surface area contributed by atoms with Crippen molar-refractivity contribution in [3.8, 4) is 0 Å². The summed E-state index contributed by atoms with van der Waals surface area (Å²) in [7, 11) is 6.45. The maximum absolute atomic E-state index is 14.2. The van der Waals surface area contributed by atoms with Crippen LogP contribution in [0.5, 0.6) is 0 Å². The average Bonchev–Trinajstić information content (AvgIpc) is 3.13. The van der Waals surface area contributed by atoms with Gasteiger partial charge in [-0.15, -0.1) is 0 Å². The molecule has 3 heteroatoms. The van der Waals surface area contributed by atoms with Crippen molar-refractivity contribution in [3.63, 3.8) is 0 Å². The van der Waals surface area contributed by atoms with Gasteiger partial charge in [0.25, 0.3) is 0 Å². The number of hydrogen-bond donors (Lipinski definition) is 0. The fourth-order valence-electron chi connectivity index (χ4n) is 6.18. The SMILES string of the molecule is [B]C1CC=C2C3=C(C4C=CC=CC4)C(=O)C(C4=CCCC=C4)=C3C3=CCC(Br)C=C3C2C1. The van der Waals surface area contributed by atoms with E-state index in [0.29, 0.717) is 4.83 Å². The van der Waals surface area contributed by atoms with Gasteiger partial charge < -0.3 is 0 Å². The Morgan fingerprint density at radius 1 is 0.906 bits per heavy atom. The molecule has 4 atom stereocenters. The molecule has 0 amide bonds. The molecule has 6 aliphatic carbocycles. The quantitative estimate of drug-likeness (QED) is 0.310. The van der Waals surface area contributed by atoms with E-state index >= 15 is 0 Å². The highest BCUT2D eigenvalue weighted by atomic mass is 79.9. The van der Waals surface area contributed by atoms with Gasteiger partial charge in [0.2, 0.25) is 0 Å². The monoisotopic (exact) mass is 480 g/mol. The second kappa shape index (κ2) is 8.03. The molecule has 1 fully saturated rings. The molecular weight excluding hydrogens is 455 g/mol. The zero-order valence-electron chi connectivity index (χ0n) is 18.2. The molecule has 0 heterocycles. The summed E-state index contributed by atoms with van der Waals surface area (Å²) in [6.07, 6.45) is 28.0. The molecular formula is C29H26BBrO. The topological polar surface area (TPSA) is 17.1 Å². The summed E-state index contributed by atoms with van der Waals surface area (Å²) < 4.78 is 0. The van der Waals surface area contributed by atoms with Gasteiger partial charge in [-0.05, 0) is 66.4 Å². The van der Waals surface area contributed by atoms with E-state index in [2.05, 4.69) is 76.7 Å². The van der Waals surface area contributed by atoms with Crippen molar-refractivity contribution >= 4 is 29.6 Å². The van der Waals surface area contributed by atoms with E-state index in [1.54, 1.807) is 0 Å². The predicted octanol–water partition coefficient (Wildman–Crippen LogP) is 6.90. The number of halogens is 1. The first-order chi connectivity index (χ1) is 15.6. The molecule has 158 valence electrons. The summed E-state index contributed by atoms with van der Waals surface area (Å²) in [5.74, 6) is 0.828. The number of carbonyl (C=O) groups excluding carboxylic acids is 1. The molecule has 0 aromatic rings. The third-order valence-corrected chi connectivity index (χ3v) is 8.22. The number of rotatable bonds is 2. The fraction of sp³-hybridized carbons (Fsp3) is 0.345. The summed E-state index contributed by atoms with van der Waals surface area (Å²) >= 11 is 3.83. The van der Waals surface area contributed by atoms with Gasteiger partial charge in [-0.2, -0.15) is 0 Å². The molecule has 0 aromatic carbocycles. The number of carbonyl (C=O) groups is 1. The first kappa shape index (κ1) is 20.5. The smallest absolute Gasteiger partial charge is 0.191 e. The number of fused-ring (bicyclic) bond motifs is 6. The van der Waals surface area contributed by atoms with Gasteiger partial charge >= 0.3 is 0 Å². The summed E-state index contributed by atoms with van der Waals surface area (Å²) in [5.41, 5.74) is 9.43. The number of allylic oxidation sites excluding steroid dienone is 18. The van der Waals surface area contributed by atoms with Gasteiger partial charge in [-0.3, -0.25) is 4.79 Å². The molecule has 6 rings (SSSR count). The summed E-state index contributed by atoms with van der Waals surface area (Å²) in [4.78, 5) is 14.5. The van der Waals surface area contributed by atoms with E-state index in [1.807, 2.05) is 0 Å². The van der Waals surface area contributed by atoms with Crippen molar-refractivity contribution in [2.75, 3.05) is 0 Å². The highest BCUT2D eigenvalue weighted by molar-refractivity contribution is 9.09. The summed E-state index contributed by atoms with van der Waals surface area (Å²) in [6, 6.07) is 0. The van der Waals surface area contributed by atoms with Gasteiger partial charge in [-0.25, -0.2) is 0 Å². The van der Waals surface area contributed by atoms with Crippen molar-refractivity contribution < 1.29 is 4.79 Å². The lowest BCUT2D eigenvalue weighted by molar-refractivity contribution is -0.112. The Balaban J connectivity index is 1.63. The van der Waals surface area contributed by atoms with Crippen LogP contribution in [-0.4, -0.2) is 18.5 Å². The number of hydrogen-bond acceptors (Lipinski definition) is 1. The summed E-state index contributed by atoms with van der Waals surface area (Å²) in [5, 5.41) is 0. The van der Waals surface area contributed by atoms with Gasteiger partial charge in [0.15, 0.2) is 5.78 Å². The third-order valence-electron chi connectivity index (χ3n) is 7.58. The van der Waals surface area contributed by atoms with Crippen LogP contribution >= 0.6 is 15.9 Å². The Morgan fingerprint density at radius 2 is 1.81 bits per heavy atom. The van der Waals surface area contributed by atoms with Crippen LogP contribution in [0.1, 0.15) is 38.5 Å². The second-order valence-corrected chi connectivity index (χ2v) is 10.8. The minimum absolute atomic E-state index is 0.138. The summed E-state index contributed by atoms with van der Waals surface area (Å²) in [6.45, 7) is 0. The molecule has 0 bridgehead atoms. The number of Topliss-reactive ketones (excluding diaryl/α,β-unsaturated/α-hetero) is 1. The lowest BCUT2D eigenvalue weighted by Gasteiger charge is -2.40. The molecule has 1 saturated carbocycles. The second-order valence-electron chi connectivity index (χ2n) is 9.60. The van der Waals surface area contributed by atoms with E-state index in [4.69, 9.17) is 7.85 Å². The van der Waals surface area contributed by atoms with Crippen LogP contribution in [0.4, 0.5) is 0 Å². The zero-order valence-corrected chi connectivity index (χ0v) is 19.8. The molecule has 0 N–H and O–H groups in total. The van der Waals surface area contributed by atoms with Crippen LogP contribution in [0.15, 0.2) is 105 Å².